The molecule has 11 rings (SSSR count). The van der Waals surface area contributed by atoms with Gasteiger partial charge in [-0.25, -0.2) is 9.97 Å². The summed E-state index contributed by atoms with van der Waals surface area (Å²) >= 11 is 0. The minimum Gasteiger partial charge on any atom is -0.469 e. The number of carbonyl (C=O) groups is 2. The van der Waals surface area contributed by atoms with Gasteiger partial charge in [0, 0.05) is 51.5 Å². The van der Waals surface area contributed by atoms with Gasteiger partial charge in [-0.2, -0.15) is 0 Å². The Balaban J connectivity index is 1.22. The minimum absolute atomic E-state index is 0.160. The van der Waals surface area contributed by atoms with Crippen LogP contribution in [-0.4, -0.2) is 49.7 Å². The van der Waals surface area contributed by atoms with Crippen molar-refractivity contribution in [2.24, 2.45) is 5.92 Å². The van der Waals surface area contributed by atoms with Crippen LogP contribution in [-0.2, 0) is 21.4 Å². The van der Waals surface area contributed by atoms with E-state index >= 15 is 0 Å². The van der Waals surface area contributed by atoms with Crippen molar-refractivity contribution in [3.05, 3.63) is 95.3 Å². The Hall–Kier alpha value is -5.88. The number of oxazole rings is 2. The number of H-pyrrole nitrogens is 1. The van der Waals surface area contributed by atoms with Crippen LogP contribution in [0.3, 0.4) is 0 Å². The first-order valence-corrected chi connectivity index (χ1v) is 17.3. The summed E-state index contributed by atoms with van der Waals surface area (Å²) in [6, 6.07) is 16.7. The van der Waals surface area contributed by atoms with Crippen LogP contribution in [0.25, 0.3) is 44.9 Å². The van der Waals surface area contributed by atoms with Gasteiger partial charge in [0.15, 0.2) is 23.4 Å². The molecule has 1 saturated carbocycles. The number of anilines is 1. The molecule has 3 aromatic carbocycles. The van der Waals surface area contributed by atoms with E-state index in [-0.39, 0.29) is 24.1 Å². The lowest BCUT2D eigenvalue weighted by Crippen LogP contribution is -2.52. The number of benzene rings is 3. The van der Waals surface area contributed by atoms with E-state index in [0.29, 0.717) is 35.8 Å². The van der Waals surface area contributed by atoms with Gasteiger partial charge in [-0.1, -0.05) is 56.3 Å². The molecule has 0 radical (unpaired) electrons. The number of amides is 2. The number of ether oxygens (including phenoxy) is 1. The second-order valence-electron chi connectivity index (χ2n) is 14.7. The molecule has 5 aliphatic rings. The summed E-state index contributed by atoms with van der Waals surface area (Å²) in [5.74, 6) is 1.15. The van der Waals surface area contributed by atoms with Gasteiger partial charge in [0.1, 0.15) is 28.8 Å². The molecule has 51 heavy (non-hydrogen) atoms. The predicted molar refractivity (Wildman–Crippen MR) is 185 cm³/mol. The van der Waals surface area contributed by atoms with E-state index in [1.54, 1.807) is 6.20 Å². The SMILES string of the molecule is CC(C)[C@@H]1NC(=O)[C@@H](NC(=O)C2(O)CC2)Cc2ccc3c(c2)C24c5cccc(c5NC2O3)-c2cccc3[nH]cc(c23)-c2cnc(o2)-c2nc1oc24. The Morgan fingerprint density at radius 2 is 1.86 bits per heavy atom. The first-order chi connectivity index (χ1) is 24.7. The van der Waals surface area contributed by atoms with Gasteiger partial charge < -0.3 is 39.6 Å². The van der Waals surface area contributed by atoms with E-state index in [1.807, 2.05) is 50.4 Å². The van der Waals surface area contributed by atoms with Crippen LogP contribution in [0.2, 0.25) is 0 Å². The fourth-order valence-corrected chi connectivity index (χ4v) is 8.50. The van der Waals surface area contributed by atoms with Crippen LogP contribution in [0.1, 0.15) is 61.1 Å². The average Bonchev–Trinajstić information content (AvgIpc) is 3.65. The molecule has 2 unspecified atom stereocenters. The fourth-order valence-electron chi connectivity index (χ4n) is 8.50. The number of nitrogens with one attached hydrogen (secondary N) is 4. The lowest BCUT2D eigenvalue weighted by atomic mass is 9.72. The molecule has 12 nitrogen and oxygen atoms in total. The first kappa shape index (κ1) is 28.9. The van der Waals surface area contributed by atoms with Crippen LogP contribution in [0.5, 0.6) is 5.75 Å². The lowest BCUT2D eigenvalue weighted by molar-refractivity contribution is -0.135. The maximum absolute atomic E-state index is 14.1. The standard InChI is InChI=1S/C39H32N6O6/c1-17(2)29-35-44-31-32(51-35)39-22-7-3-6-20(19-5-4-8-24-28(19)21(15-40-24)27-16-41-34(31)49-27)30(22)45-37(39)50-26-10-9-18(13-23(26)39)14-25(33(46)43-29)42-36(47)38(48)11-12-38/h3-10,13,15-17,25,29,37,40,45,48H,11-12,14H2,1-2H3,(H,42,47)(H,43,46)/t25-,29-,37?,39?/m0/s1. The molecule has 12 heteroatoms. The Bertz CT molecular complexity index is 2510. The Kier molecular flexibility index (Phi) is 5.48. The molecule has 2 amide bonds. The van der Waals surface area contributed by atoms with E-state index in [0.717, 1.165) is 50.0 Å². The Morgan fingerprint density at radius 1 is 1.02 bits per heavy atom. The maximum Gasteiger partial charge on any atom is 0.252 e. The summed E-state index contributed by atoms with van der Waals surface area (Å²) in [5, 5.41) is 21.4. The number of para-hydroxylation sites is 1. The Morgan fingerprint density at radius 3 is 2.71 bits per heavy atom. The molecule has 6 aromatic rings. The summed E-state index contributed by atoms with van der Waals surface area (Å²) in [6.07, 6.45) is 3.93. The van der Waals surface area contributed by atoms with Crippen molar-refractivity contribution < 1.29 is 28.3 Å². The van der Waals surface area contributed by atoms with Gasteiger partial charge in [-0.05, 0) is 42.0 Å². The van der Waals surface area contributed by atoms with E-state index < -0.39 is 41.1 Å². The molecule has 3 aromatic heterocycles. The van der Waals surface area contributed by atoms with Crippen molar-refractivity contribution in [3.63, 3.8) is 0 Å². The second kappa shape index (κ2) is 9.67. The van der Waals surface area contributed by atoms with Crippen molar-refractivity contribution >= 4 is 28.4 Å². The van der Waals surface area contributed by atoms with Crippen molar-refractivity contribution in [2.75, 3.05) is 5.32 Å². The number of hydrogen-bond donors (Lipinski definition) is 5. The van der Waals surface area contributed by atoms with Crippen LogP contribution >= 0.6 is 0 Å². The monoisotopic (exact) mass is 680 g/mol. The number of aromatic amines is 1. The van der Waals surface area contributed by atoms with Gasteiger partial charge in [-0.3, -0.25) is 9.59 Å². The zero-order valence-corrected chi connectivity index (χ0v) is 27.7. The molecule has 5 N–H and O–H groups in total. The average molecular weight is 681 g/mol. The highest BCUT2D eigenvalue weighted by Gasteiger charge is 2.62. The lowest BCUT2D eigenvalue weighted by Gasteiger charge is -2.29. The van der Waals surface area contributed by atoms with Crippen LogP contribution in [0, 0.1) is 5.92 Å². The van der Waals surface area contributed by atoms with E-state index in [2.05, 4.69) is 45.2 Å². The topological polar surface area (TPSA) is 168 Å². The van der Waals surface area contributed by atoms with Crippen molar-refractivity contribution in [3.8, 4) is 39.8 Å². The summed E-state index contributed by atoms with van der Waals surface area (Å²) in [7, 11) is 0. The largest absolute Gasteiger partial charge is 0.469 e. The smallest absolute Gasteiger partial charge is 0.252 e. The number of hydrogen-bond acceptors (Lipinski definition) is 9. The van der Waals surface area contributed by atoms with Crippen LogP contribution in [0.15, 0.2) is 75.8 Å². The maximum atomic E-state index is 14.1. The van der Waals surface area contributed by atoms with Gasteiger partial charge in [0.05, 0.1) is 6.20 Å². The third-order valence-electron chi connectivity index (χ3n) is 11.3. The molecule has 10 bridgehead atoms. The number of carbonyl (C=O) groups excluding carboxylic acids is 2. The molecule has 4 atom stereocenters. The van der Waals surface area contributed by atoms with Gasteiger partial charge in [0.25, 0.3) is 5.91 Å². The van der Waals surface area contributed by atoms with Gasteiger partial charge in [0.2, 0.25) is 17.7 Å². The minimum atomic E-state index is -1.45. The molecule has 1 aliphatic carbocycles. The molecule has 1 fully saturated rings. The summed E-state index contributed by atoms with van der Waals surface area (Å²) < 4.78 is 20.4. The zero-order valence-electron chi connectivity index (χ0n) is 27.7. The van der Waals surface area contributed by atoms with Crippen molar-refractivity contribution in [2.45, 2.75) is 62.4 Å². The van der Waals surface area contributed by atoms with E-state index in [1.165, 1.54) is 0 Å². The third kappa shape index (κ3) is 3.77. The summed E-state index contributed by atoms with van der Waals surface area (Å²) in [4.78, 5) is 40.5. The third-order valence-corrected chi connectivity index (χ3v) is 11.3. The number of fused-ring (bicyclic) bond motifs is 7. The highest BCUT2D eigenvalue weighted by atomic mass is 16.5. The molecular weight excluding hydrogens is 648 g/mol. The Labute approximate surface area is 290 Å². The van der Waals surface area contributed by atoms with Crippen LogP contribution in [0.4, 0.5) is 5.69 Å². The quantitative estimate of drug-likeness (QED) is 0.166. The number of aliphatic hydroxyl groups is 1. The van der Waals surface area contributed by atoms with E-state index in [9.17, 15) is 14.7 Å². The number of rotatable bonds is 3. The first-order valence-electron chi connectivity index (χ1n) is 17.3. The van der Waals surface area contributed by atoms with E-state index in [4.69, 9.17) is 23.5 Å². The molecule has 254 valence electrons. The number of nitrogens with zero attached hydrogens (tertiary/aromatic N) is 2. The second-order valence-corrected chi connectivity index (χ2v) is 14.7. The summed E-state index contributed by atoms with van der Waals surface area (Å²) in [5.41, 5.74) is 5.22. The molecule has 0 saturated heterocycles. The van der Waals surface area contributed by atoms with Gasteiger partial charge in [-0.15, -0.1) is 0 Å². The molecule has 7 heterocycles. The van der Waals surface area contributed by atoms with Crippen LogP contribution < -0.4 is 20.7 Å². The zero-order chi connectivity index (χ0) is 34.4. The predicted octanol–water partition coefficient (Wildman–Crippen LogP) is 5.32. The van der Waals surface area contributed by atoms with Crippen molar-refractivity contribution in [1.82, 2.24) is 25.6 Å². The normalized spacial score (nSPS) is 24.2. The molecular formula is C39H32N6O6. The highest BCUT2D eigenvalue weighted by Crippen LogP contribution is 2.61. The fraction of sp³-hybridized carbons (Fsp3) is 0.282. The summed E-state index contributed by atoms with van der Waals surface area (Å²) in [6.45, 7) is 3.94. The van der Waals surface area contributed by atoms with Crippen molar-refractivity contribution in [1.29, 1.82) is 0 Å². The molecule has 1 spiro atoms. The van der Waals surface area contributed by atoms with Gasteiger partial charge >= 0.3 is 0 Å². The molecule has 4 aliphatic heterocycles. The number of aromatic nitrogens is 3. The highest BCUT2D eigenvalue weighted by molar-refractivity contribution is 6.07.